The van der Waals surface area contributed by atoms with Gasteiger partial charge in [0.2, 0.25) is 5.78 Å². The van der Waals surface area contributed by atoms with Crippen LogP contribution in [-0.2, 0) is 14.3 Å². The van der Waals surface area contributed by atoms with E-state index in [0.717, 1.165) is 0 Å². The van der Waals surface area contributed by atoms with Crippen LogP contribution >= 0.6 is 0 Å². The Kier molecular flexibility index (Phi) is 6.36. The maximum atomic E-state index is 17.4. The van der Waals surface area contributed by atoms with Crippen molar-refractivity contribution in [2.75, 3.05) is 6.61 Å². The molecule has 0 radical (unpaired) electrons. The van der Waals surface area contributed by atoms with Crippen molar-refractivity contribution in [2.45, 2.75) is 96.6 Å². The lowest BCUT2D eigenvalue weighted by Crippen LogP contribution is -2.70. The van der Waals surface area contributed by atoms with E-state index in [2.05, 4.69) is 5.32 Å². The molecule has 0 aliphatic heterocycles. The van der Waals surface area contributed by atoms with E-state index in [1.807, 2.05) is 20.8 Å². The van der Waals surface area contributed by atoms with Crippen molar-refractivity contribution in [3.8, 4) is 0 Å². The predicted octanol–water partition coefficient (Wildman–Crippen LogP) is 3.82. The van der Waals surface area contributed by atoms with Crippen molar-refractivity contribution in [1.82, 2.24) is 5.32 Å². The zero-order chi connectivity index (χ0) is 26.9. The summed E-state index contributed by atoms with van der Waals surface area (Å²) in [5.41, 5.74) is -5.90. The highest BCUT2D eigenvalue weighted by Crippen LogP contribution is 2.71. The van der Waals surface area contributed by atoms with E-state index in [-0.39, 0.29) is 18.1 Å². The number of hydrogen-bond donors (Lipinski definition) is 3. The van der Waals surface area contributed by atoms with Gasteiger partial charge in [0.15, 0.2) is 17.1 Å². The summed E-state index contributed by atoms with van der Waals surface area (Å²) >= 11 is 0. The molecule has 0 aromatic heterocycles. The highest BCUT2D eigenvalue weighted by Gasteiger charge is 2.77. The minimum absolute atomic E-state index is 0.115. The van der Waals surface area contributed by atoms with Crippen molar-refractivity contribution < 1.29 is 33.7 Å². The summed E-state index contributed by atoms with van der Waals surface area (Å²) in [7, 11) is 0. The Labute approximate surface area is 212 Å². The SMILES string of the molecule is CCC(C)(C)NC(=O)O[C@@]1(C(=O)CO)[C@@H](C)CC2C3CCC4=CC(=O)C=C[C@]4(C)C3(F)[C@@H](O)C[C@@]21C. The zero-order valence-electron chi connectivity index (χ0n) is 22.2. The first kappa shape index (κ1) is 27.0. The maximum absolute atomic E-state index is 17.4. The molecule has 3 fully saturated rings. The number of allylic oxidation sites excluding steroid dienone is 4. The van der Waals surface area contributed by atoms with Crippen LogP contribution < -0.4 is 5.32 Å². The van der Waals surface area contributed by atoms with E-state index in [0.29, 0.717) is 31.3 Å². The number of alkyl carbamates (subject to hydrolysis) is 1. The molecule has 4 aliphatic rings. The van der Waals surface area contributed by atoms with E-state index < -0.39 is 64.1 Å². The van der Waals surface area contributed by atoms with Crippen molar-refractivity contribution in [3.63, 3.8) is 0 Å². The number of ether oxygens (including phenoxy) is 1. The first-order valence-electron chi connectivity index (χ1n) is 13.1. The Balaban J connectivity index is 1.79. The molecule has 3 saturated carbocycles. The van der Waals surface area contributed by atoms with Gasteiger partial charge < -0.3 is 20.3 Å². The summed E-state index contributed by atoms with van der Waals surface area (Å²) in [5.74, 6) is -2.32. The molecule has 7 nitrogen and oxygen atoms in total. The van der Waals surface area contributed by atoms with Gasteiger partial charge in [-0.25, -0.2) is 9.18 Å². The van der Waals surface area contributed by atoms with Crippen LogP contribution in [0, 0.1) is 28.6 Å². The second-order valence-corrected chi connectivity index (χ2v) is 12.5. The lowest BCUT2D eigenvalue weighted by Gasteiger charge is -2.62. The van der Waals surface area contributed by atoms with E-state index in [9.17, 15) is 24.6 Å². The van der Waals surface area contributed by atoms with Gasteiger partial charge >= 0.3 is 6.09 Å². The van der Waals surface area contributed by atoms with Gasteiger partial charge in [-0.3, -0.25) is 9.59 Å². The fourth-order valence-corrected chi connectivity index (χ4v) is 8.05. The number of rotatable bonds is 5. The summed E-state index contributed by atoms with van der Waals surface area (Å²) in [4.78, 5) is 38.6. The average Bonchev–Trinajstić information content (AvgIpc) is 3.01. The van der Waals surface area contributed by atoms with Gasteiger partial charge in [0.1, 0.15) is 6.61 Å². The third kappa shape index (κ3) is 3.39. The van der Waals surface area contributed by atoms with Gasteiger partial charge in [0, 0.05) is 28.2 Å². The van der Waals surface area contributed by atoms with Crippen LogP contribution in [-0.4, -0.2) is 57.4 Å². The standard InChI is InChI=1S/C28H40FNO6/c1-7-24(3,4)30-23(35)36-28(22(34)15-31)16(2)12-20-19-9-8-17-13-18(32)10-11-25(17,5)27(19,29)21(33)14-26(20,28)6/h10-11,13,16,19-21,31,33H,7-9,12,14-15H2,1-6H3,(H,30,35)/t16-,19?,20?,21-,25-,26-,27?,28+/m0/s1. The molecule has 0 aromatic rings. The molecule has 1 amide bonds. The largest absolute Gasteiger partial charge is 0.434 e. The van der Waals surface area contributed by atoms with E-state index >= 15 is 4.39 Å². The average molecular weight is 506 g/mol. The van der Waals surface area contributed by atoms with E-state index in [1.165, 1.54) is 12.2 Å². The molecule has 0 saturated heterocycles. The van der Waals surface area contributed by atoms with Gasteiger partial charge in [-0.2, -0.15) is 0 Å². The van der Waals surface area contributed by atoms with Gasteiger partial charge in [0.05, 0.1) is 6.10 Å². The van der Waals surface area contributed by atoms with Crippen molar-refractivity contribution in [3.05, 3.63) is 23.8 Å². The van der Waals surface area contributed by atoms with Gasteiger partial charge in [-0.15, -0.1) is 0 Å². The number of nitrogens with one attached hydrogen (secondary N) is 1. The third-order valence-electron chi connectivity index (χ3n) is 10.3. The summed E-state index contributed by atoms with van der Waals surface area (Å²) in [6.07, 6.45) is 4.04. The molecular formula is C28H40FNO6. The van der Waals surface area contributed by atoms with Crippen LogP contribution in [0.1, 0.15) is 73.6 Å². The summed E-state index contributed by atoms with van der Waals surface area (Å²) in [5, 5.41) is 24.3. The third-order valence-corrected chi connectivity index (χ3v) is 10.3. The molecule has 4 aliphatic carbocycles. The molecule has 8 heteroatoms. The first-order valence-corrected chi connectivity index (χ1v) is 13.1. The Morgan fingerprint density at radius 3 is 2.56 bits per heavy atom. The Morgan fingerprint density at radius 1 is 1.28 bits per heavy atom. The molecule has 200 valence electrons. The molecule has 3 N–H and O–H groups in total. The molecule has 4 rings (SSSR count). The molecular weight excluding hydrogens is 465 g/mol. The smallest absolute Gasteiger partial charge is 0.408 e. The van der Waals surface area contributed by atoms with Crippen molar-refractivity contribution >= 4 is 17.7 Å². The molecule has 8 atom stereocenters. The number of alkyl halides is 1. The second kappa shape index (κ2) is 8.48. The number of halogens is 1. The summed E-state index contributed by atoms with van der Waals surface area (Å²) in [6.45, 7) is 10.1. The topological polar surface area (TPSA) is 113 Å². The number of aliphatic hydroxyl groups excluding tert-OH is 2. The number of Topliss-reactive ketones (excluding diaryl/α,β-unsaturated/α-hetero) is 1. The van der Waals surface area contributed by atoms with Crippen LogP contribution in [0.2, 0.25) is 0 Å². The predicted molar refractivity (Wildman–Crippen MR) is 132 cm³/mol. The number of amides is 1. The number of carbonyl (C=O) groups excluding carboxylic acids is 3. The molecule has 0 heterocycles. The summed E-state index contributed by atoms with van der Waals surface area (Å²) in [6, 6.07) is 0. The molecule has 0 spiro atoms. The van der Waals surface area contributed by atoms with Crippen LogP contribution in [0.25, 0.3) is 0 Å². The Bertz CT molecular complexity index is 1040. The number of fused-ring (bicyclic) bond motifs is 5. The summed E-state index contributed by atoms with van der Waals surface area (Å²) < 4.78 is 23.4. The van der Waals surface area contributed by atoms with Crippen molar-refractivity contribution in [1.29, 1.82) is 0 Å². The van der Waals surface area contributed by atoms with Gasteiger partial charge in [0.25, 0.3) is 0 Å². The molecule has 0 bridgehead atoms. The lowest BCUT2D eigenvalue weighted by atomic mass is 9.44. The number of ketones is 2. The number of carbonyl (C=O) groups is 3. The molecule has 36 heavy (non-hydrogen) atoms. The fourth-order valence-electron chi connectivity index (χ4n) is 8.05. The highest BCUT2D eigenvalue weighted by atomic mass is 19.1. The second-order valence-electron chi connectivity index (χ2n) is 12.5. The van der Waals surface area contributed by atoms with Crippen molar-refractivity contribution in [2.24, 2.45) is 28.6 Å². The Hall–Kier alpha value is -2.06. The zero-order valence-corrected chi connectivity index (χ0v) is 22.2. The van der Waals surface area contributed by atoms with Crippen LogP contribution in [0.4, 0.5) is 9.18 Å². The van der Waals surface area contributed by atoms with E-state index in [1.54, 1.807) is 26.8 Å². The minimum atomic E-state index is -2.05. The monoisotopic (exact) mass is 505 g/mol. The van der Waals surface area contributed by atoms with Crippen LogP contribution in [0.5, 0.6) is 0 Å². The quantitative estimate of drug-likeness (QED) is 0.524. The lowest BCUT2D eigenvalue weighted by molar-refractivity contribution is -0.219. The molecule has 3 unspecified atom stereocenters. The van der Waals surface area contributed by atoms with Gasteiger partial charge in [-0.1, -0.05) is 32.4 Å². The van der Waals surface area contributed by atoms with Crippen LogP contribution in [0.3, 0.4) is 0 Å². The first-order chi connectivity index (χ1) is 16.6. The Morgan fingerprint density at radius 2 is 1.94 bits per heavy atom. The van der Waals surface area contributed by atoms with Gasteiger partial charge in [-0.05, 0) is 70.9 Å². The fraction of sp³-hybridized carbons (Fsp3) is 0.750. The van der Waals surface area contributed by atoms with E-state index in [4.69, 9.17) is 4.74 Å². The number of hydrogen-bond acceptors (Lipinski definition) is 6. The normalized spacial score (nSPS) is 43.7. The molecule has 0 aromatic carbocycles. The minimum Gasteiger partial charge on any atom is -0.434 e. The number of aliphatic hydroxyl groups is 2. The van der Waals surface area contributed by atoms with Crippen LogP contribution in [0.15, 0.2) is 23.8 Å². The highest BCUT2D eigenvalue weighted by molar-refractivity contribution is 6.01. The maximum Gasteiger partial charge on any atom is 0.408 e.